The molecule has 4 aliphatic rings. The van der Waals surface area contributed by atoms with Gasteiger partial charge in [0.05, 0.1) is 24.0 Å². The van der Waals surface area contributed by atoms with Crippen molar-refractivity contribution in [3.05, 3.63) is 0 Å². The van der Waals surface area contributed by atoms with Crippen LogP contribution in [-0.4, -0.2) is 122 Å². The molecule has 4 fully saturated rings. The molecule has 2 N–H and O–H groups in total. The summed E-state index contributed by atoms with van der Waals surface area (Å²) in [6.45, 7) is 11.9. The number of Topliss-reactive ketones (excluding diaryl/α,β-unsaturated/α-hetero) is 1. The molecule has 214 valence electrons. The molecule has 3 saturated heterocycles. The molecule has 0 aromatic rings. The lowest BCUT2D eigenvalue weighted by molar-refractivity contribution is -0.128. The second kappa shape index (κ2) is 13.2. The van der Waals surface area contributed by atoms with Crippen molar-refractivity contribution >= 4 is 15.8 Å². The number of carbonyl (C=O) groups excluding carboxylic acids is 1. The van der Waals surface area contributed by atoms with Gasteiger partial charge in [-0.1, -0.05) is 27.2 Å². The van der Waals surface area contributed by atoms with Crippen LogP contribution in [-0.2, 0) is 19.6 Å². The fourth-order valence-corrected chi connectivity index (χ4v) is 9.39. The van der Waals surface area contributed by atoms with E-state index in [1.165, 1.54) is 0 Å². The first-order valence-corrected chi connectivity index (χ1v) is 16.3. The molecule has 7 unspecified atom stereocenters. The smallest absolute Gasteiger partial charge is 0.217 e. The lowest BCUT2D eigenvalue weighted by Crippen LogP contribution is -2.62. The minimum Gasteiger partial charge on any atom is -0.395 e. The number of sulfonamides is 1. The van der Waals surface area contributed by atoms with E-state index in [4.69, 9.17) is 4.74 Å². The van der Waals surface area contributed by atoms with Crippen LogP contribution in [0.5, 0.6) is 0 Å². The molecule has 10 heteroatoms. The van der Waals surface area contributed by atoms with Gasteiger partial charge in [-0.3, -0.25) is 14.6 Å². The Morgan fingerprint density at radius 3 is 2.49 bits per heavy atom. The third kappa shape index (κ3) is 6.42. The van der Waals surface area contributed by atoms with Gasteiger partial charge in [-0.2, -0.15) is 4.31 Å². The van der Waals surface area contributed by atoms with Crippen molar-refractivity contribution < 1.29 is 23.1 Å². The Morgan fingerprint density at radius 1 is 1.08 bits per heavy atom. The molecular weight excluding hydrogens is 492 g/mol. The van der Waals surface area contributed by atoms with Gasteiger partial charge in [0.2, 0.25) is 10.0 Å². The fourth-order valence-electron chi connectivity index (χ4n) is 7.40. The summed E-state index contributed by atoms with van der Waals surface area (Å²) in [5.41, 5.74) is 0. The van der Waals surface area contributed by atoms with Gasteiger partial charge in [-0.25, -0.2) is 8.42 Å². The number of piperazine rings is 1. The van der Waals surface area contributed by atoms with E-state index < -0.39 is 15.3 Å². The molecule has 1 aliphatic carbocycles. The number of piperidine rings is 1. The Kier molecular flexibility index (Phi) is 10.4. The standard InChI is InChI=1S/C27H50N4O5S/c1-4-7-20-19-30(6-3)27-24(33)18-23(28-26(20)27)22-17-21(8-9-25(22)36-16-5-2)37(34,35)31-12-10-29(11-13-31)14-15-32/h20-23,25-28,32H,4-19H2,1-3H3. The second-order valence-electron chi connectivity index (χ2n) is 11.6. The molecule has 37 heavy (non-hydrogen) atoms. The highest BCUT2D eigenvalue weighted by molar-refractivity contribution is 7.89. The number of aliphatic hydroxyl groups is 1. The minimum atomic E-state index is -3.43. The summed E-state index contributed by atoms with van der Waals surface area (Å²) >= 11 is 0. The van der Waals surface area contributed by atoms with E-state index >= 15 is 0 Å². The van der Waals surface area contributed by atoms with Crippen molar-refractivity contribution in [3.8, 4) is 0 Å². The SMILES string of the molecule is CCCOC1CCC(S(=O)(=O)N2CCN(CCO)CC2)CC1C1CC(=O)C2C(N1)C(CCC)CN2CC. The van der Waals surface area contributed by atoms with Crippen LogP contribution in [0.3, 0.4) is 0 Å². The molecular formula is C27H50N4O5S. The summed E-state index contributed by atoms with van der Waals surface area (Å²) in [5, 5.41) is 12.7. The highest BCUT2D eigenvalue weighted by Gasteiger charge is 2.52. The molecule has 0 amide bonds. The van der Waals surface area contributed by atoms with Gasteiger partial charge in [0.1, 0.15) is 0 Å². The van der Waals surface area contributed by atoms with Gasteiger partial charge in [-0.15, -0.1) is 0 Å². The van der Waals surface area contributed by atoms with Crippen LogP contribution in [0.1, 0.15) is 65.7 Å². The number of hydrogen-bond donors (Lipinski definition) is 2. The normalized spacial score (nSPS) is 36.6. The lowest BCUT2D eigenvalue weighted by atomic mass is 9.75. The average molecular weight is 543 g/mol. The molecule has 1 saturated carbocycles. The van der Waals surface area contributed by atoms with Gasteiger partial charge >= 0.3 is 0 Å². The summed E-state index contributed by atoms with van der Waals surface area (Å²) in [5.74, 6) is 0.780. The zero-order chi connectivity index (χ0) is 26.6. The molecule has 3 aliphatic heterocycles. The molecule has 3 heterocycles. The quantitative estimate of drug-likeness (QED) is 0.403. The molecule has 0 radical (unpaired) electrons. The van der Waals surface area contributed by atoms with Gasteiger partial charge in [0, 0.05) is 70.3 Å². The summed E-state index contributed by atoms with van der Waals surface area (Å²) in [4.78, 5) is 18.0. The highest BCUT2D eigenvalue weighted by atomic mass is 32.2. The van der Waals surface area contributed by atoms with Crippen molar-refractivity contribution in [2.24, 2.45) is 11.8 Å². The highest BCUT2D eigenvalue weighted by Crippen LogP contribution is 2.39. The zero-order valence-corrected chi connectivity index (χ0v) is 24.0. The van der Waals surface area contributed by atoms with Crippen LogP contribution in [0, 0.1) is 11.8 Å². The van der Waals surface area contributed by atoms with Gasteiger partial charge in [-0.05, 0) is 44.6 Å². The number of fused-ring (bicyclic) bond motifs is 1. The van der Waals surface area contributed by atoms with E-state index in [0.29, 0.717) is 70.3 Å². The molecule has 0 spiro atoms. The van der Waals surface area contributed by atoms with E-state index in [0.717, 1.165) is 38.8 Å². The van der Waals surface area contributed by atoms with E-state index in [-0.39, 0.29) is 36.8 Å². The first kappa shape index (κ1) is 29.4. The number of likely N-dealkylation sites (N-methyl/N-ethyl adjacent to an activating group) is 1. The molecule has 0 aromatic heterocycles. The maximum absolute atomic E-state index is 13.7. The van der Waals surface area contributed by atoms with Crippen LogP contribution in [0.4, 0.5) is 0 Å². The van der Waals surface area contributed by atoms with Crippen molar-refractivity contribution in [2.45, 2.75) is 95.2 Å². The number of ketones is 1. The number of aliphatic hydroxyl groups excluding tert-OH is 1. The van der Waals surface area contributed by atoms with Crippen molar-refractivity contribution in [2.75, 3.05) is 59.0 Å². The van der Waals surface area contributed by atoms with Crippen molar-refractivity contribution in [3.63, 3.8) is 0 Å². The van der Waals surface area contributed by atoms with E-state index in [1.807, 2.05) is 0 Å². The first-order valence-electron chi connectivity index (χ1n) is 14.8. The maximum Gasteiger partial charge on any atom is 0.217 e. The van der Waals surface area contributed by atoms with Crippen LogP contribution < -0.4 is 5.32 Å². The first-order chi connectivity index (χ1) is 17.8. The molecule has 9 nitrogen and oxygen atoms in total. The summed E-state index contributed by atoms with van der Waals surface area (Å²) in [7, 11) is -3.43. The number of nitrogens with one attached hydrogen (secondary N) is 1. The summed E-state index contributed by atoms with van der Waals surface area (Å²) in [6, 6.07) is 0.0619. The predicted octanol–water partition coefficient (Wildman–Crippen LogP) is 1.31. The number of nitrogens with zero attached hydrogens (tertiary/aromatic N) is 3. The van der Waals surface area contributed by atoms with Crippen LogP contribution in [0.15, 0.2) is 0 Å². The number of carbonyl (C=O) groups is 1. The van der Waals surface area contributed by atoms with Crippen molar-refractivity contribution in [1.82, 2.24) is 19.4 Å². The third-order valence-electron chi connectivity index (χ3n) is 9.30. The third-order valence-corrected chi connectivity index (χ3v) is 11.7. The summed E-state index contributed by atoms with van der Waals surface area (Å²) < 4.78 is 35.5. The lowest BCUT2D eigenvalue weighted by Gasteiger charge is -2.46. The number of ether oxygens (including phenoxy) is 1. The van der Waals surface area contributed by atoms with Gasteiger partial charge in [0.15, 0.2) is 5.78 Å². The topological polar surface area (TPSA) is 102 Å². The van der Waals surface area contributed by atoms with Crippen LogP contribution in [0.2, 0.25) is 0 Å². The van der Waals surface area contributed by atoms with Crippen LogP contribution >= 0.6 is 0 Å². The summed E-state index contributed by atoms with van der Waals surface area (Å²) in [6.07, 6.45) is 5.45. The van der Waals surface area contributed by atoms with Gasteiger partial charge in [0.25, 0.3) is 0 Å². The van der Waals surface area contributed by atoms with E-state index in [9.17, 15) is 18.3 Å². The molecule has 4 rings (SSSR count). The van der Waals surface area contributed by atoms with Gasteiger partial charge < -0.3 is 15.2 Å². The average Bonchev–Trinajstić information content (AvgIpc) is 3.26. The Bertz CT molecular complexity index is 850. The number of β-amino-alcohol motifs (C(OH)–C–C–N with tert-alkyl or cyclic N) is 1. The second-order valence-corrected chi connectivity index (χ2v) is 13.8. The Hall–Kier alpha value is -0.620. The maximum atomic E-state index is 13.7. The van der Waals surface area contributed by atoms with Crippen molar-refractivity contribution in [1.29, 1.82) is 0 Å². The Labute approximate surface area is 224 Å². The number of likely N-dealkylation sites (tertiary alicyclic amines) is 1. The molecule has 0 bridgehead atoms. The Balaban J connectivity index is 1.50. The predicted molar refractivity (Wildman–Crippen MR) is 145 cm³/mol. The van der Waals surface area contributed by atoms with E-state index in [2.05, 4.69) is 35.9 Å². The zero-order valence-electron chi connectivity index (χ0n) is 23.2. The monoisotopic (exact) mass is 542 g/mol. The Morgan fingerprint density at radius 2 is 1.84 bits per heavy atom. The number of hydrogen-bond acceptors (Lipinski definition) is 8. The molecule has 7 atom stereocenters. The molecule has 0 aromatic carbocycles. The largest absolute Gasteiger partial charge is 0.395 e. The van der Waals surface area contributed by atoms with Crippen LogP contribution in [0.25, 0.3) is 0 Å². The van der Waals surface area contributed by atoms with E-state index in [1.54, 1.807) is 4.31 Å². The number of rotatable bonds is 11. The minimum absolute atomic E-state index is 0.0112. The fraction of sp³-hybridized carbons (Fsp3) is 0.963.